The van der Waals surface area contributed by atoms with Gasteiger partial charge in [0, 0.05) is 26.2 Å². The van der Waals surface area contributed by atoms with Crippen molar-refractivity contribution in [1.82, 2.24) is 14.7 Å². The zero-order valence-corrected chi connectivity index (χ0v) is 15.9. The lowest BCUT2D eigenvalue weighted by molar-refractivity contribution is -0.137. The Labute approximate surface area is 149 Å². The van der Waals surface area contributed by atoms with E-state index in [4.69, 9.17) is 9.15 Å². The monoisotopic (exact) mass is 351 g/mol. The highest BCUT2D eigenvalue weighted by Gasteiger charge is 2.27. The summed E-state index contributed by atoms with van der Waals surface area (Å²) in [5.74, 6) is 0.906. The Morgan fingerprint density at radius 1 is 1.32 bits per heavy atom. The minimum absolute atomic E-state index is 0.134. The number of furan rings is 1. The van der Waals surface area contributed by atoms with Gasteiger partial charge in [-0.25, -0.2) is 4.79 Å². The number of carbonyl (C=O) groups excluding carboxylic acids is 2. The van der Waals surface area contributed by atoms with Crippen LogP contribution in [0.15, 0.2) is 10.5 Å². The molecule has 0 bridgehead atoms. The zero-order chi connectivity index (χ0) is 18.6. The molecule has 1 saturated heterocycles. The van der Waals surface area contributed by atoms with Crippen LogP contribution < -0.4 is 0 Å². The highest BCUT2D eigenvalue weighted by atomic mass is 16.5. The normalized spacial score (nSPS) is 17.0. The molecule has 0 N–H and O–H groups in total. The Hall–Kier alpha value is -1.86. The van der Waals surface area contributed by atoms with E-state index >= 15 is 0 Å². The molecule has 1 atom stereocenters. The van der Waals surface area contributed by atoms with E-state index in [9.17, 15) is 9.59 Å². The van der Waals surface area contributed by atoms with Crippen molar-refractivity contribution < 1.29 is 18.7 Å². The van der Waals surface area contributed by atoms with Gasteiger partial charge in [-0.05, 0) is 33.5 Å². The largest absolute Gasteiger partial charge is 0.465 e. The average molecular weight is 351 g/mol. The number of amides is 1. The van der Waals surface area contributed by atoms with Gasteiger partial charge in [0.15, 0.2) is 0 Å². The molecular weight excluding hydrogens is 322 g/mol. The first kappa shape index (κ1) is 19.5. The smallest absolute Gasteiger partial charge is 0.341 e. The standard InChI is InChI=1S/C18H29N3O4/c1-6-20-7-9-21(10-8-20)17(22)13(2)19(4)12-15-11-16(14(3)25-15)18(23)24-5/h11,13H,6-10,12H2,1-5H3. The molecule has 1 aromatic rings. The molecule has 1 aliphatic rings. The van der Waals surface area contributed by atoms with E-state index in [0.29, 0.717) is 23.6 Å². The van der Waals surface area contributed by atoms with Crippen LogP contribution >= 0.6 is 0 Å². The van der Waals surface area contributed by atoms with Gasteiger partial charge in [0.05, 0.1) is 19.7 Å². The quantitative estimate of drug-likeness (QED) is 0.721. The number of methoxy groups -OCH3 is 1. The molecule has 1 amide bonds. The van der Waals surface area contributed by atoms with Crippen LogP contribution in [0.25, 0.3) is 0 Å². The summed E-state index contributed by atoms with van der Waals surface area (Å²) < 4.78 is 10.4. The average Bonchev–Trinajstić information content (AvgIpc) is 2.99. The van der Waals surface area contributed by atoms with E-state index in [1.54, 1.807) is 13.0 Å². The first-order valence-corrected chi connectivity index (χ1v) is 8.76. The molecule has 0 spiro atoms. The van der Waals surface area contributed by atoms with Gasteiger partial charge in [-0.15, -0.1) is 0 Å². The summed E-state index contributed by atoms with van der Waals surface area (Å²) in [5.41, 5.74) is 0.431. The number of hydrogen-bond acceptors (Lipinski definition) is 6. The fourth-order valence-electron chi connectivity index (χ4n) is 3.05. The molecule has 1 aliphatic heterocycles. The second kappa shape index (κ2) is 8.49. The Bertz CT molecular complexity index is 605. The molecule has 140 valence electrons. The Balaban J connectivity index is 1.95. The first-order chi connectivity index (χ1) is 11.9. The summed E-state index contributed by atoms with van der Waals surface area (Å²) in [5, 5.41) is 0. The number of nitrogens with zero attached hydrogens (tertiary/aromatic N) is 3. The maximum atomic E-state index is 12.7. The summed E-state index contributed by atoms with van der Waals surface area (Å²) in [6.45, 7) is 10.7. The first-order valence-electron chi connectivity index (χ1n) is 8.76. The molecule has 1 aromatic heterocycles. The third kappa shape index (κ3) is 4.61. The molecule has 1 unspecified atom stereocenters. The van der Waals surface area contributed by atoms with E-state index in [2.05, 4.69) is 11.8 Å². The van der Waals surface area contributed by atoms with Crippen LogP contribution in [-0.4, -0.2) is 79.5 Å². The maximum absolute atomic E-state index is 12.7. The van der Waals surface area contributed by atoms with Crippen LogP contribution in [0, 0.1) is 6.92 Å². The van der Waals surface area contributed by atoms with Crippen molar-refractivity contribution >= 4 is 11.9 Å². The second-order valence-corrected chi connectivity index (χ2v) is 6.52. The Morgan fingerprint density at radius 3 is 2.52 bits per heavy atom. The molecule has 0 aliphatic carbocycles. The van der Waals surface area contributed by atoms with Gasteiger partial charge in [-0.2, -0.15) is 0 Å². The van der Waals surface area contributed by atoms with E-state index in [1.165, 1.54) is 7.11 Å². The van der Waals surface area contributed by atoms with Gasteiger partial charge in [-0.3, -0.25) is 9.69 Å². The van der Waals surface area contributed by atoms with Crippen LogP contribution in [0.4, 0.5) is 0 Å². The number of hydrogen-bond donors (Lipinski definition) is 0. The highest BCUT2D eigenvalue weighted by Crippen LogP contribution is 2.18. The van der Waals surface area contributed by atoms with Gasteiger partial charge < -0.3 is 19.0 Å². The van der Waals surface area contributed by atoms with Gasteiger partial charge in [0.2, 0.25) is 5.91 Å². The highest BCUT2D eigenvalue weighted by molar-refractivity contribution is 5.90. The van der Waals surface area contributed by atoms with Crippen molar-refractivity contribution in [2.24, 2.45) is 0 Å². The third-order valence-electron chi connectivity index (χ3n) is 4.93. The summed E-state index contributed by atoms with van der Waals surface area (Å²) in [4.78, 5) is 30.6. The van der Waals surface area contributed by atoms with Crippen LogP contribution in [0.3, 0.4) is 0 Å². The fraction of sp³-hybridized carbons (Fsp3) is 0.667. The molecule has 0 aromatic carbocycles. The predicted octanol–water partition coefficient (Wildman–Crippen LogP) is 1.36. The van der Waals surface area contributed by atoms with Gasteiger partial charge in [0.1, 0.15) is 17.1 Å². The van der Waals surface area contributed by atoms with Crippen molar-refractivity contribution in [2.45, 2.75) is 33.4 Å². The van der Waals surface area contributed by atoms with Crippen molar-refractivity contribution in [1.29, 1.82) is 0 Å². The second-order valence-electron chi connectivity index (χ2n) is 6.52. The lowest BCUT2D eigenvalue weighted by Gasteiger charge is -2.36. The van der Waals surface area contributed by atoms with Crippen LogP contribution in [-0.2, 0) is 16.1 Å². The summed E-state index contributed by atoms with van der Waals surface area (Å²) in [6.07, 6.45) is 0. The van der Waals surface area contributed by atoms with Crippen molar-refractivity contribution in [2.75, 3.05) is 46.9 Å². The van der Waals surface area contributed by atoms with Crippen molar-refractivity contribution in [3.63, 3.8) is 0 Å². The van der Waals surface area contributed by atoms with Crippen molar-refractivity contribution in [3.8, 4) is 0 Å². The molecule has 0 saturated carbocycles. The SMILES string of the molecule is CCN1CCN(C(=O)C(C)N(C)Cc2cc(C(=O)OC)c(C)o2)CC1. The van der Waals surface area contributed by atoms with Gasteiger partial charge in [0.25, 0.3) is 0 Å². The number of rotatable bonds is 6. The number of aryl methyl sites for hydroxylation is 1. The number of carbonyl (C=O) groups is 2. The Kier molecular flexibility index (Phi) is 6.61. The summed E-state index contributed by atoms with van der Waals surface area (Å²) in [6, 6.07) is 1.44. The van der Waals surface area contributed by atoms with Crippen molar-refractivity contribution in [3.05, 3.63) is 23.2 Å². The maximum Gasteiger partial charge on any atom is 0.341 e. The number of likely N-dealkylation sites (N-methyl/N-ethyl adjacent to an activating group) is 2. The lowest BCUT2D eigenvalue weighted by Crippen LogP contribution is -2.53. The Morgan fingerprint density at radius 2 is 1.96 bits per heavy atom. The molecule has 2 rings (SSSR count). The summed E-state index contributed by atoms with van der Waals surface area (Å²) >= 11 is 0. The lowest BCUT2D eigenvalue weighted by atomic mass is 10.2. The van der Waals surface area contributed by atoms with E-state index in [-0.39, 0.29) is 11.9 Å². The predicted molar refractivity (Wildman–Crippen MR) is 94.4 cm³/mol. The molecule has 7 nitrogen and oxygen atoms in total. The minimum Gasteiger partial charge on any atom is -0.465 e. The van der Waals surface area contributed by atoms with E-state index < -0.39 is 5.97 Å². The van der Waals surface area contributed by atoms with Crippen LogP contribution in [0.2, 0.25) is 0 Å². The number of ether oxygens (including phenoxy) is 1. The van der Waals surface area contributed by atoms with Crippen LogP contribution in [0.5, 0.6) is 0 Å². The molecule has 2 heterocycles. The van der Waals surface area contributed by atoms with Gasteiger partial charge in [-0.1, -0.05) is 6.92 Å². The molecular formula is C18H29N3O4. The van der Waals surface area contributed by atoms with E-state index in [1.807, 2.05) is 23.8 Å². The van der Waals surface area contributed by atoms with E-state index in [0.717, 1.165) is 32.7 Å². The van der Waals surface area contributed by atoms with Crippen LogP contribution in [0.1, 0.15) is 35.7 Å². The topological polar surface area (TPSA) is 66.2 Å². The molecule has 25 heavy (non-hydrogen) atoms. The van der Waals surface area contributed by atoms with Gasteiger partial charge >= 0.3 is 5.97 Å². The minimum atomic E-state index is -0.409. The summed E-state index contributed by atoms with van der Waals surface area (Å²) in [7, 11) is 3.24. The molecule has 1 fully saturated rings. The molecule has 7 heteroatoms. The fourth-order valence-corrected chi connectivity index (χ4v) is 3.05. The number of piperazine rings is 1. The zero-order valence-electron chi connectivity index (χ0n) is 15.9. The third-order valence-corrected chi connectivity index (χ3v) is 4.93. The number of esters is 1. The molecule has 0 radical (unpaired) electrons.